The van der Waals surface area contributed by atoms with Crippen molar-refractivity contribution >= 4 is 11.6 Å². The summed E-state index contributed by atoms with van der Waals surface area (Å²) in [6, 6.07) is 13.8. The minimum absolute atomic E-state index is 0.0417. The largest absolute Gasteiger partial charge is 0.481 e. The van der Waals surface area contributed by atoms with Gasteiger partial charge in [-0.15, -0.1) is 0 Å². The van der Waals surface area contributed by atoms with Gasteiger partial charge in [0.15, 0.2) is 6.10 Å². The summed E-state index contributed by atoms with van der Waals surface area (Å²) in [4.78, 5) is 12.5. The highest BCUT2D eigenvalue weighted by molar-refractivity contribution is 5.94. The summed E-state index contributed by atoms with van der Waals surface area (Å²) in [5.41, 5.74) is 4.11. The highest BCUT2D eigenvalue weighted by atomic mass is 16.5. The van der Waals surface area contributed by atoms with E-state index in [1.165, 1.54) is 0 Å². The number of ether oxygens (including phenoxy) is 1. The highest BCUT2D eigenvalue weighted by Crippen LogP contribution is 2.31. The molecule has 3 heteroatoms. The van der Waals surface area contributed by atoms with Crippen LogP contribution in [-0.4, -0.2) is 12.0 Å². The Kier molecular flexibility index (Phi) is 5.33. The van der Waals surface area contributed by atoms with Gasteiger partial charge in [-0.2, -0.15) is 0 Å². The number of hydrogen-bond donors (Lipinski definition) is 1. The molecule has 3 nitrogen and oxygen atoms in total. The van der Waals surface area contributed by atoms with Crippen molar-refractivity contribution in [2.45, 2.75) is 53.1 Å². The number of rotatable bonds is 4. The van der Waals surface area contributed by atoms with Crippen LogP contribution in [0, 0.1) is 13.8 Å². The Morgan fingerprint density at radius 1 is 1.04 bits per heavy atom. The molecule has 24 heavy (non-hydrogen) atoms. The van der Waals surface area contributed by atoms with Gasteiger partial charge in [0.2, 0.25) is 0 Å². The first-order valence-electron chi connectivity index (χ1n) is 8.33. The van der Waals surface area contributed by atoms with E-state index in [0.717, 1.165) is 28.1 Å². The van der Waals surface area contributed by atoms with Gasteiger partial charge in [0.1, 0.15) is 5.75 Å². The molecule has 0 aromatic heterocycles. The lowest BCUT2D eigenvalue weighted by Crippen LogP contribution is -2.31. The van der Waals surface area contributed by atoms with Gasteiger partial charge in [0.25, 0.3) is 5.91 Å². The second-order valence-corrected chi connectivity index (χ2v) is 7.24. The highest BCUT2D eigenvalue weighted by Gasteiger charge is 2.22. The monoisotopic (exact) mass is 325 g/mol. The molecular formula is C21H27NO2. The molecule has 0 saturated heterocycles. The van der Waals surface area contributed by atoms with Gasteiger partial charge in [-0.05, 0) is 55.0 Å². The molecule has 0 spiro atoms. The lowest BCUT2D eigenvalue weighted by Gasteiger charge is -2.24. The van der Waals surface area contributed by atoms with Crippen LogP contribution in [-0.2, 0) is 10.2 Å². The van der Waals surface area contributed by atoms with E-state index in [-0.39, 0.29) is 11.3 Å². The van der Waals surface area contributed by atoms with E-state index in [1.807, 2.05) is 56.3 Å². The van der Waals surface area contributed by atoms with Crippen molar-refractivity contribution < 1.29 is 9.53 Å². The van der Waals surface area contributed by atoms with Crippen LogP contribution in [0.25, 0.3) is 0 Å². The molecular weight excluding hydrogens is 298 g/mol. The number of nitrogens with one attached hydrogen (secondary N) is 1. The molecule has 0 aliphatic rings. The lowest BCUT2D eigenvalue weighted by molar-refractivity contribution is -0.122. The normalized spacial score (nSPS) is 12.6. The first-order valence-corrected chi connectivity index (χ1v) is 8.33. The molecule has 0 fully saturated rings. The number of hydrogen-bond acceptors (Lipinski definition) is 2. The third-order valence-electron chi connectivity index (χ3n) is 4.23. The molecule has 1 unspecified atom stereocenters. The summed E-state index contributed by atoms with van der Waals surface area (Å²) in [5, 5.41) is 2.97. The van der Waals surface area contributed by atoms with Crippen molar-refractivity contribution in [3.8, 4) is 5.75 Å². The maximum absolute atomic E-state index is 12.5. The van der Waals surface area contributed by atoms with Crippen LogP contribution in [0.4, 0.5) is 5.69 Å². The molecule has 0 aliphatic carbocycles. The molecule has 0 aliphatic heterocycles. The Morgan fingerprint density at radius 3 is 2.38 bits per heavy atom. The average molecular weight is 325 g/mol. The van der Waals surface area contributed by atoms with Crippen LogP contribution in [0.1, 0.15) is 44.4 Å². The summed E-state index contributed by atoms with van der Waals surface area (Å²) in [6.45, 7) is 12.2. The first kappa shape index (κ1) is 18.1. The first-order chi connectivity index (χ1) is 11.2. The third-order valence-corrected chi connectivity index (χ3v) is 4.23. The Bertz CT molecular complexity index is 729. The average Bonchev–Trinajstić information content (AvgIpc) is 2.51. The lowest BCUT2D eigenvalue weighted by atomic mass is 9.86. The summed E-state index contributed by atoms with van der Waals surface area (Å²) < 4.78 is 5.96. The predicted molar refractivity (Wildman–Crippen MR) is 99.8 cm³/mol. The molecule has 0 saturated carbocycles. The molecule has 1 N–H and O–H groups in total. The van der Waals surface area contributed by atoms with Crippen LogP contribution >= 0.6 is 0 Å². The zero-order chi connectivity index (χ0) is 17.9. The molecule has 0 radical (unpaired) electrons. The van der Waals surface area contributed by atoms with Crippen LogP contribution in [0.2, 0.25) is 0 Å². The zero-order valence-corrected chi connectivity index (χ0v) is 15.4. The van der Waals surface area contributed by atoms with Gasteiger partial charge >= 0.3 is 0 Å². The smallest absolute Gasteiger partial charge is 0.265 e. The van der Waals surface area contributed by atoms with Gasteiger partial charge in [-0.1, -0.05) is 51.1 Å². The zero-order valence-electron chi connectivity index (χ0n) is 15.4. The number of benzene rings is 2. The second kappa shape index (κ2) is 7.08. The minimum atomic E-state index is -0.576. The molecule has 2 aromatic carbocycles. The fourth-order valence-electron chi connectivity index (χ4n) is 2.55. The van der Waals surface area contributed by atoms with Crippen molar-refractivity contribution in [3.63, 3.8) is 0 Å². The molecule has 0 bridgehead atoms. The van der Waals surface area contributed by atoms with Crippen molar-refractivity contribution in [2.24, 2.45) is 0 Å². The maximum atomic E-state index is 12.5. The van der Waals surface area contributed by atoms with Crippen LogP contribution in [0.5, 0.6) is 5.75 Å². The van der Waals surface area contributed by atoms with Crippen molar-refractivity contribution in [1.29, 1.82) is 0 Å². The van der Waals surface area contributed by atoms with Crippen LogP contribution < -0.4 is 10.1 Å². The van der Waals surface area contributed by atoms with Crippen molar-refractivity contribution in [3.05, 3.63) is 59.2 Å². The Hall–Kier alpha value is -2.29. The van der Waals surface area contributed by atoms with Gasteiger partial charge in [-0.25, -0.2) is 0 Å². The summed E-state index contributed by atoms with van der Waals surface area (Å²) in [5.74, 6) is 0.612. The Morgan fingerprint density at radius 2 is 1.71 bits per heavy atom. The van der Waals surface area contributed by atoms with Gasteiger partial charge in [0, 0.05) is 5.69 Å². The number of amides is 1. The number of carbonyl (C=O) groups is 1. The fraction of sp³-hybridized carbons (Fsp3) is 0.381. The van der Waals surface area contributed by atoms with Gasteiger partial charge in [0.05, 0.1) is 0 Å². The molecule has 2 aromatic rings. The predicted octanol–water partition coefficient (Wildman–Crippen LogP) is 5.01. The number of carbonyl (C=O) groups excluding carboxylic acids is 1. The van der Waals surface area contributed by atoms with Crippen molar-refractivity contribution in [2.75, 3.05) is 5.32 Å². The summed E-state index contributed by atoms with van der Waals surface area (Å²) >= 11 is 0. The van der Waals surface area contributed by atoms with Gasteiger partial charge in [-0.3, -0.25) is 4.79 Å². The molecule has 2 rings (SSSR count). The molecule has 128 valence electrons. The Labute approximate surface area is 145 Å². The van der Waals surface area contributed by atoms with Gasteiger partial charge < -0.3 is 10.1 Å². The standard InChI is InChI=1S/C21H27NO2/c1-14-10-9-12-18(15(14)2)22-20(23)16(3)24-19-13-8-7-11-17(19)21(4,5)6/h7-13,16H,1-6H3,(H,22,23). The molecule has 0 heterocycles. The summed E-state index contributed by atoms with van der Waals surface area (Å²) in [6.07, 6.45) is -0.576. The van der Waals surface area contributed by atoms with E-state index in [1.54, 1.807) is 6.92 Å². The molecule has 1 amide bonds. The van der Waals surface area contributed by atoms with Crippen molar-refractivity contribution in [1.82, 2.24) is 0 Å². The van der Waals surface area contributed by atoms with E-state index in [4.69, 9.17) is 4.74 Å². The van der Waals surface area contributed by atoms with Crippen LogP contribution in [0.15, 0.2) is 42.5 Å². The van der Waals surface area contributed by atoms with E-state index < -0.39 is 6.10 Å². The van der Waals surface area contributed by atoms with Crippen LogP contribution in [0.3, 0.4) is 0 Å². The molecule has 1 atom stereocenters. The quantitative estimate of drug-likeness (QED) is 0.858. The number of aryl methyl sites for hydroxylation is 1. The fourth-order valence-corrected chi connectivity index (χ4v) is 2.55. The second-order valence-electron chi connectivity index (χ2n) is 7.24. The van der Waals surface area contributed by atoms with E-state index in [2.05, 4.69) is 26.1 Å². The number of anilines is 1. The third kappa shape index (κ3) is 4.16. The van der Waals surface area contributed by atoms with E-state index in [0.29, 0.717) is 0 Å². The van der Waals surface area contributed by atoms with E-state index >= 15 is 0 Å². The Balaban J connectivity index is 2.14. The summed E-state index contributed by atoms with van der Waals surface area (Å²) in [7, 11) is 0. The SMILES string of the molecule is Cc1cccc(NC(=O)C(C)Oc2ccccc2C(C)(C)C)c1C. The van der Waals surface area contributed by atoms with E-state index in [9.17, 15) is 4.79 Å². The maximum Gasteiger partial charge on any atom is 0.265 e. The topological polar surface area (TPSA) is 38.3 Å². The number of para-hydroxylation sites is 1. The minimum Gasteiger partial charge on any atom is -0.481 e.